The Labute approximate surface area is 125 Å². The monoisotopic (exact) mass is 305 g/mol. The van der Waals surface area contributed by atoms with E-state index in [9.17, 15) is 8.42 Å². The molecule has 0 fully saturated rings. The molecule has 1 aromatic heterocycles. The van der Waals surface area contributed by atoms with Crippen molar-refractivity contribution in [3.8, 4) is 0 Å². The van der Waals surface area contributed by atoms with E-state index in [0.29, 0.717) is 11.3 Å². The van der Waals surface area contributed by atoms with Gasteiger partial charge in [0.15, 0.2) is 0 Å². The second kappa shape index (κ2) is 6.69. The summed E-state index contributed by atoms with van der Waals surface area (Å²) < 4.78 is 26.8. The number of nitrogen functional groups attached to an aromatic ring is 1. The quantitative estimate of drug-likeness (QED) is 0.798. The molecule has 0 saturated carbocycles. The molecule has 21 heavy (non-hydrogen) atoms. The van der Waals surface area contributed by atoms with Crippen LogP contribution in [0.15, 0.2) is 42.6 Å². The molecular weight excluding hydrogens is 286 g/mol. The number of rotatable bonds is 6. The summed E-state index contributed by atoms with van der Waals surface area (Å²) in [5.41, 5.74) is 8.68. The van der Waals surface area contributed by atoms with Crippen molar-refractivity contribution in [2.45, 2.75) is 25.6 Å². The second-order valence-electron chi connectivity index (χ2n) is 4.79. The summed E-state index contributed by atoms with van der Waals surface area (Å²) in [7, 11) is -3.42. The molecule has 3 N–H and O–H groups in total. The van der Waals surface area contributed by atoms with Crippen molar-refractivity contribution in [2.75, 3.05) is 5.73 Å². The van der Waals surface area contributed by atoms with Gasteiger partial charge < -0.3 is 5.73 Å². The van der Waals surface area contributed by atoms with Gasteiger partial charge in [-0.15, -0.1) is 0 Å². The van der Waals surface area contributed by atoms with Crippen molar-refractivity contribution in [3.05, 3.63) is 59.4 Å². The molecule has 5 nitrogen and oxygen atoms in total. The van der Waals surface area contributed by atoms with Gasteiger partial charge in [0.05, 0.1) is 18.0 Å². The average molecular weight is 305 g/mol. The van der Waals surface area contributed by atoms with E-state index in [1.165, 1.54) is 0 Å². The van der Waals surface area contributed by atoms with E-state index in [2.05, 4.69) is 9.71 Å². The second-order valence-corrected chi connectivity index (χ2v) is 6.59. The first-order chi connectivity index (χ1) is 10.00. The van der Waals surface area contributed by atoms with Gasteiger partial charge in [-0.25, -0.2) is 13.1 Å². The number of aromatic nitrogens is 1. The highest BCUT2D eigenvalue weighted by atomic mass is 32.2. The zero-order valence-corrected chi connectivity index (χ0v) is 12.7. The van der Waals surface area contributed by atoms with Crippen LogP contribution in [0, 0.1) is 0 Å². The Bertz CT molecular complexity index is 714. The highest BCUT2D eigenvalue weighted by Crippen LogP contribution is 2.11. The van der Waals surface area contributed by atoms with Gasteiger partial charge in [-0.1, -0.05) is 25.1 Å². The number of hydrogen-bond acceptors (Lipinski definition) is 4. The Kier molecular flexibility index (Phi) is 4.93. The normalized spacial score (nSPS) is 11.5. The molecule has 2 aromatic rings. The molecular formula is C15H19N3O2S. The van der Waals surface area contributed by atoms with Crippen LogP contribution in [0.5, 0.6) is 0 Å². The summed E-state index contributed by atoms with van der Waals surface area (Å²) in [6, 6.07) is 10.7. The summed E-state index contributed by atoms with van der Waals surface area (Å²) in [5, 5.41) is 0. The number of pyridine rings is 1. The SMILES string of the molecule is CCc1cccnc1CNS(=O)(=O)Cc1cccc(N)c1. The van der Waals surface area contributed by atoms with Crippen LogP contribution in [0.3, 0.4) is 0 Å². The Hall–Kier alpha value is -1.92. The van der Waals surface area contributed by atoms with Gasteiger partial charge in [-0.05, 0) is 35.7 Å². The maximum absolute atomic E-state index is 12.1. The highest BCUT2D eigenvalue weighted by molar-refractivity contribution is 7.88. The first-order valence-corrected chi connectivity index (χ1v) is 8.40. The third kappa shape index (κ3) is 4.54. The molecule has 0 radical (unpaired) electrons. The molecule has 1 aromatic carbocycles. The van der Waals surface area contributed by atoms with Crippen molar-refractivity contribution in [1.82, 2.24) is 9.71 Å². The molecule has 112 valence electrons. The van der Waals surface area contributed by atoms with Gasteiger partial charge >= 0.3 is 0 Å². The third-order valence-electron chi connectivity index (χ3n) is 3.13. The van der Waals surface area contributed by atoms with Crippen LogP contribution in [0.25, 0.3) is 0 Å². The molecule has 0 unspecified atom stereocenters. The predicted octanol–water partition coefficient (Wildman–Crippen LogP) is 1.85. The molecule has 0 aliphatic rings. The van der Waals surface area contributed by atoms with Crippen molar-refractivity contribution < 1.29 is 8.42 Å². The van der Waals surface area contributed by atoms with Crippen LogP contribution >= 0.6 is 0 Å². The number of nitrogens with one attached hydrogen (secondary N) is 1. The lowest BCUT2D eigenvalue weighted by Crippen LogP contribution is -2.25. The molecule has 1 heterocycles. The number of aryl methyl sites for hydroxylation is 1. The average Bonchev–Trinajstić information content (AvgIpc) is 2.45. The van der Waals surface area contributed by atoms with Crippen LogP contribution in [0.2, 0.25) is 0 Å². The number of anilines is 1. The molecule has 0 aliphatic heterocycles. The standard InChI is InChI=1S/C15H19N3O2S/c1-2-13-6-4-8-17-15(13)10-18-21(19,20)11-12-5-3-7-14(16)9-12/h3-9,18H,2,10-11,16H2,1H3. The number of nitrogens with zero attached hydrogens (tertiary/aromatic N) is 1. The van der Waals surface area contributed by atoms with E-state index >= 15 is 0 Å². The van der Waals surface area contributed by atoms with E-state index in [-0.39, 0.29) is 12.3 Å². The fourth-order valence-corrected chi connectivity index (χ4v) is 3.16. The number of hydrogen-bond donors (Lipinski definition) is 2. The zero-order chi connectivity index (χ0) is 15.3. The van der Waals surface area contributed by atoms with Crippen LogP contribution in [-0.2, 0) is 28.7 Å². The van der Waals surface area contributed by atoms with Gasteiger partial charge in [0.25, 0.3) is 0 Å². The maximum atomic E-state index is 12.1. The van der Waals surface area contributed by atoms with Gasteiger partial charge in [-0.3, -0.25) is 4.98 Å². The van der Waals surface area contributed by atoms with Crippen molar-refractivity contribution in [1.29, 1.82) is 0 Å². The lowest BCUT2D eigenvalue weighted by Gasteiger charge is -2.09. The van der Waals surface area contributed by atoms with Crippen LogP contribution in [-0.4, -0.2) is 13.4 Å². The van der Waals surface area contributed by atoms with Crippen molar-refractivity contribution in [2.24, 2.45) is 0 Å². The minimum Gasteiger partial charge on any atom is -0.399 e. The van der Waals surface area contributed by atoms with Crippen LogP contribution in [0.4, 0.5) is 5.69 Å². The van der Waals surface area contributed by atoms with Gasteiger partial charge in [-0.2, -0.15) is 0 Å². The molecule has 0 amide bonds. The smallest absolute Gasteiger partial charge is 0.216 e. The fourth-order valence-electron chi connectivity index (χ4n) is 2.08. The Morgan fingerprint density at radius 1 is 1.24 bits per heavy atom. The minimum absolute atomic E-state index is 0.0909. The number of sulfonamides is 1. The summed E-state index contributed by atoms with van der Waals surface area (Å²) in [5.74, 6) is -0.0909. The molecule has 0 bridgehead atoms. The topological polar surface area (TPSA) is 85.1 Å². The minimum atomic E-state index is -3.42. The first kappa shape index (κ1) is 15.5. The predicted molar refractivity (Wildman–Crippen MR) is 83.9 cm³/mol. The molecule has 6 heteroatoms. The van der Waals surface area contributed by atoms with Gasteiger partial charge in [0.2, 0.25) is 10.0 Å². The molecule has 2 rings (SSSR count). The van der Waals surface area contributed by atoms with E-state index < -0.39 is 10.0 Å². The summed E-state index contributed by atoms with van der Waals surface area (Å²) in [4.78, 5) is 4.23. The first-order valence-electron chi connectivity index (χ1n) is 6.74. The van der Waals surface area contributed by atoms with E-state index in [4.69, 9.17) is 5.73 Å². The van der Waals surface area contributed by atoms with Crippen LogP contribution in [0.1, 0.15) is 23.7 Å². The third-order valence-corrected chi connectivity index (χ3v) is 4.43. The molecule has 0 spiro atoms. The summed E-state index contributed by atoms with van der Waals surface area (Å²) in [6.07, 6.45) is 2.49. The summed E-state index contributed by atoms with van der Waals surface area (Å²) >= 11 is 0. The van der Waals surface area contributed by atoms with E-state index in [1.54, 1.807) is 30.5 Å². The lowest BCUT2D eigenvalue weighted by molar-refractivity contribution is 0.579. The number of benzene rings is 1. The highest BCUT2D eigenvalue weighted by Gasteiger charge is 2.13. The lowest BCUT2D eigenvalue weighted by atomic mass is 10.1. The van der Waals surface area contributed by atoms with Crippen LogP contribution < -0.4 is 10.5 Å². The Balaban J connectivity index is 2.04. The molecule has 0 aliphatic carbocycles. The Morgan fingerprint density at radius 3 is 2.76 bits per heavy atom. The Morgan fingerprint density at radius 2 is 2.05 bits per heavy atom. The van der Waals surface area contributed by atoms with Crippen molar-refractivity contribution >= 4 is 15.7 Å². The van der Waals surface area contributed by atoms with Crippen molar-refractivity contribution in [3.63, 3.8) is 0 Å². The molecule has 0 saturated heterocycles. The van der Waals surface area contributed by atoms with Gasteiger partial charge in [0.1, 0.15) is 0 Å². The maximum Gasteiger partial charge on any atom is 0.216 e. The largest absolute Gasteiger partial charge is 0.399 e. The van der Waals surface area contributed by atoms with Gasteiger partial charge in [0, 0.05) is 11.9 Å². The molecule has 0 atom stereocenters. The zero-order valence-electron chi connectivity index (χ0n) is 11.9. The van der Waals surface area contributed by atoms with E-state index in [0.717, 1.165) is 17.7 Å². The summed E-state index contributed by atoms with van der Waals surface area (Å²) in [6.45, 7) is 2.22. The van der Waals surface area contributed by atoms with E-state index in [1.807, 2.05) is 19.1 Å². The number of nitrogens with two attached hydrogens (primary N) is 1. The fraction of sp³-hybridized carbons (Fsp3) is 0.267.